The van der Waals surface area contributed by atoms with Crippen LogP contribution in [0.25, 0.3) is 11.4 Å². The number of nitrogens with zero attached hydrogens (tertiary/aromatic N) is 3. The van der Waals surface area contributed by atoms with Crippen LogP contribution in [0.15, 0.2) is 30.5 Å². The molecule has 0 atom stereocenters. The van der Waals surface area contributed by atoms with E-state index in [-0.39, 0.29) is 6.10 Å². The molecule has 1 aliphatic rings. The van der Waals surface area contributed by atoms with E-state index < -0.39 is 0 Å². The van der Waals surface area contributed by atoms with Gasteiger partial charge in [0.15, 0.2) is 0 Å². The Hall–Kier alpha value is -3.13. The fourth-order valence-corrected chi connectivity index (χ4v) is 2.75. The zero-order valence-corrected chi connectivity index (χ0v) is 15.4. The fourth-order valence-electron chi connectivity index (χ4n) is 2.75. The van der Waals surface area contributed by atoms with Crippen molar-refractivity contribution in [3.8, 4) is 23.0 Å². The smallest absolute Gasteiger partial charge is 0.230 e. The first-order valence-electron chi connectivity index (χ1n) is 8.68. The lowest BCUT2D eigenvalue weighted by atomic mass is 10.1. The zero-order valence-electron chi connectivity index (χ0n) is 15.4. The molecule has 27 heavy (non-hydrogen) atoms. The number of imidazole rings is 1. The lowest BCUT2D eigenvalue weighted by Gasteiger charge is -2.26. The van der Waals surface area contributed by atoms with Crippen molar-refractivity contribution in [1.82, 2.24) is 19.9 Å². The molecule has 0 amide bonds. The Morgan fingerprint density at radius 1 is 1.19 bits per heavy atom. The standard InChI is InChI=1S/C19H21N5O3/c1-11-6-17(27-14-9-26-10-14)24-19(22-11)23-13-4-5-15(16(7-13)25-3)18-20-8-12(2)21-18/h4-8,14H,9-10H2,1-3H3,(H,20,21)(H,22,23,24). The maximum absolute atomic E-state index is 5.78. The van der Waals surface area contributed by atoms with E-state index in [1.54, 1.807) is 13.3 Å². The molecular weight excluding hydrogens is 346 g/mol. The molecule has 2 N–H and O–H groups in total. The molecule has 1 aromatic carbocycles. The molecule has 3 aromatic rings. The average molecular weight is 367 g/mol. The van der Waals surface area contributed by atoms with E-state index in [2.05, 4.69) is 25.3 Å². The third-order valence-electron chi connectivity index (χ3n) is 4.14. The molecular formula is C19H21N5O3. The molecule has 3 heterocycles. The molecule has 2 aromatic heterocycles. The second kappa shape index (κ2) is 7.24. The molecule has 0 aliphatic carbocycles. The zero-order chi connectivity index (χ0) is 18.8. The van der Waals surface area contributed by atoms with Gasteiger partial charge in [-0.25, -0.2) is 9.97 Å². The first kappa shape index (κ1) is 17.3. The van der Waals surface area contributed by atoms with Gasteiger partial charge in [-0.2, -0.15) is 4.98 Å². The maximum Gasteiger partial charge on any atom is 0.230 e. The van der Waals surface area contributed by atoms with Gasteiger partial charge in [-0.05, 0) is 26.0 Å². The Morgan fingerprint density at radius 3 is 2.70 bits per heavy atom. The molecule has 1 fully saturated rings. The first-order chi connectivity index (χ1) is 13.1. The largest absolute Gasteiger partial charge is 0.496 e. The average Bonchev–Trinajstić information content (AvgIpc) is 3.04. The molecule has 0 saturated carbocycles. The number of anilines is 2. The van der Waals surface area contributed by atoms with Gasteiger partial charge in [-0.1, -0.05) is 0 Å². The number of aryl methyl sites for hydroxylation is 2. The Balaban J connectivity index is 1.57. The SMILES string of the molecule is COc1cc(Nc2nc(C)cc(OC3COC3)n2)ccc1-c1ncc(C)[nH]1. The highest BCUT2D eigenvalue weighted by atomic mass is 16.6. The summed E-state index contributed by atoms with van der Waals surface area (Å²) in [6, 6.07) is 7.58. The van der Waals surface area contributed by atoms with Gasteiger partial charge in [0.2, 0.25) is 11.8 Å². The molecule has 140 valence electrons. The Labute approximate surface area is 156 Å². The van der Waals surface area contributed by atoms with Crippen LogP contribution in [0.5, 0.6) is 11.6 Å². The minimum absolute atomic E-state index is 0.0586. The highest BCUT2D eigenvalue weighted by molar-refractivity contribution is 5.70. The molecule has 0 radical (unpaired) electrons. The summed E-state index contributed by atoms with van der Waals surface area (Å²) in [4.78, 5) is 16.4. The topological polar surface area (TPSA) is 94.2 Å². The predicted octanol–water partition coefficient (Wildman–Crippen LogP) is 3.01. The Morgan fingerprint density at radius 2 is 2.04 bits per heavy atom. The van der Waals surface area contributed by atoms with Crippen molar-refractivity contribution in [1.29, 1.82) is 0 Å². The number of nitrogens with one attached hydrogen (secondary N) is 2. The molecule has 1 saturated heterocycles. The molecule has 0 bridgehead atoms. The summed E-state index contributed by atoms with van der Waals surface area (Å²) in [6.45, 7) is 5.05. The lowest BCUT2D eigenvalue weighted by Crippen LogP contribution is -2.38. The number of rotatable bonds is 6. The number of methoxy groups -OCH3 is 1. The normalized spacial score (nSPS) is 13.9. The summed E-state index contributed by atoms with van der Waals surface area (Å²) in [5, 5.41) is 3.21. The van der Waals surface area contributed by atoms with Crippen molar-refractivity contribution >= 4 is 11.6 Å². The van der Waals surface area contributed by atoms with E-state index in [4.69, 9.17) is 14.2 Å². The van der Waals surface area contributed by atoms with Gasteiger partial charge in [0.1, 0.15) is 17.7 Å². The van der Waals surface area contributed by atoms with Crippen LogP contribution < -0.4 is 14.8 Å². The van der Waals surface area contributed by atoms with E-state index >= 15 is 0 Å². The molecule has 8 heteroatoms. The van der Waals surface area contributed by atoms with Gasteiger partial charge in [0.25, 0.3) is 0 Å². The summed E-state index contributed by atoms with van der Waals surface area (Å²) in [6.07, 6.45) is 1.85. The number of H-pyrrole nitrogens is 1. The van der Waals surface area contributed by atoms with Crippen LogP contribution in [-0.2, 0) is 4.74 Å². The molecule has 0 unspecified atom stereocenters. The van der Waals surface area contributed by atoms with Crippen LogP contribution in [0.3, 0.4) is 0 Å². The highest BCUT2D eigenvalue weighted by Gasteiger charge is 2.21. The molecule has 0 spiro atoms. The van der Waals surface area contributed by atoms with Crippen molar-refractivity contribution in [3.05, 3.63) is 41.9 Å². The number of aromatic amines is 1. The summed E-state index contributed by atoms with van der Waals surface area (Å²) in [5.41, 5.74) is 3.50. The van der Waals surface area contributed by atoms with Crippen molar-refractivity contribution in [2.24, 2.45) is 0 Å². The third-order valence-corrected chi connectivity index (χ3v) is 4.14. The van der Waals surface area contributed by atoms with Gasteiger partial charge in [-0.15, -0.1) is 0 Å². The third kappa shape index (κ3) is 3.85. The van der Waals surface area contributed by atoms with Gasteiger partial charge in [0, 0.05) is 35.4 Å². The Bertz CT molecular complexity index is 952. The van der Waals surface area contributed by atoms with Crippen LogP contribution in [0, 0.1) is 13.8 Å². The van der Waals surface area contributed by atoms with Crippen LogP contribution in [0.4, 0.5) is 11.6 Å². The van der Waals surface area contributed by atoms with Crippen LogP contribution >= 0.6 is 0 Å². The quantitative estimate of drug-likeness (QED) is 0.691. The van der Waals surface area contributed by atoms with Gasteiger partial charge < -0.3 is 24.5 Å². The van der Waals surface area contributed by atoms with Crippen LogP contribution in [-0.4, -0.2) is 46.4 Å². The van der Waals surface area contributed by atoms with Gasteiger partial charge >= 0.3 is 0 Å². The molecule has 8 nitrogen and oxygen atoms in total. The summed E-state index contributed by atoms with van der Waals surface area (Å²) in [5.74, 6) is 2.47. The summed E-state index contributed by atoms with van der Waals surface area (Å²) >= 11 is 0. The minimum Gasteiger partial charge on any atom is -0.496 e. The number of benzene rings is 1. The van der Waals surface area contributed by atoms with Crippen molar-refractivity contribution in [2.45, 2.75) is 20.0 Å². The summed E-state index contributed by atoms with van der Waals surface area (Å²) in [7, 11) is 1.63. The molecule has 1 aliphatic heterocycles. The number of ether oxygens (including phenoxy) is 3. The van der Waals surface area contributed by atoms with E-state index in [0.29, 0.717) is 30.8 Å². The number of hydrogen-bond donors (Lipinski definition) is 2. The molecule has 4 rings (SSSR count). The second-order valence-corrected chi connectivity index (χ2v) is 6.40. The van der Waals surface area contributed by atoms with E-state index in [1.807, 2.05) is 38.1 Å². The second-order valence-electron chi connectivity index (χ2n) is 6.40. The maximum atomic E-state index is 5.78. The van der Waals surface area contributed by atoms with E-state index in [9.17, 15) is 0 Å². The van der Waals surface area contributed by atoms with Crippen LogP contribution in [0.1, 0.15) is 11.4 Å². The van der Waals surface area contributed by atoms with Crippen LogP contribution in [0.2, 0.25) is 0 Å². The van der Waals surface area contributed by atoms with Crippen molar-refractivity contribution < 1.29 is 14.2 Å². The number of aromatic nitrogens is 4. The van der Waals surface area contributed by atoms with Crippen molar-refractivity contribution in [2.75, 3.05) is 25.6 Å². The Kier molecular flexibility index (Phi) is 4.64. The number of hydrogen-bond acceptors (Lipinski definition) is 7. The van der Waals surface area contributed by atoms with E-state index in [1.165, 1.54) is 0 Å². The first-order valence-corrected chi connectivity index (χ1v) is 8.68. The fraction of sp³-hybridized carbons (Fsp3) is 0.316. The summed E-state index contributed by atoms with van der Waals surface area (Å²) < 4.78 is 16.4. The minimum atomic E-state index is 0.0586. The van der Waals surface area contributed by atoms with E-state index in [0.717, 1.165) is 28.5 Å². The lowest BCUT2D eigenvalue weighted by molar-refractivity contribution is -0.0813. The van der Waals surface area contributed by atoms with Gasteiger partial charge in [0.05, 0.1) is 25.9 Å². The monoisotopic (exact) mass is 367 g/mol. The highest BCUT2D eigenvalue weighted by Crippen LogP contribution is 2.31. The predicted molar refractivity (Wildman–Crippen MR) is 101 cm³/mol. The van der Waals surface area contributed by atoms with Crippen molar-refractivity contribution in [3.63, 3.8) is 0 Å². The van der Waals surface area contributed by atoms with Gasteiger partial charge in [-0.3, -0.25) is 0 Å².